The quantitative estimate of drug-likeness (QED) is 0.759. The number of benzene rings is 1. The summed E-state index contributed by atoms with van der Waals surface area (Å²) in [5.41, 5.74) is 0. The first-order valence-electron chi connectivity index (χ1n) is 8.56. The van der Waals surface area contributed by atoms with E-state index >= 15 is 0 Å². The van der Waals surface area contributed by atoms with Crippen molar-refractivity contribution in [2.75, 3.05) is 38.0 Å². The van der Waals surface area contributed by atoms with Crippen LogP contribution in [0.2, 0.25) is 10.0 Å². The van der Waals surface area contributed by atoms with Crippen LogP contribution in [0.3, 0.4) is 0 Å². The molecule has 0 aliphatic carbocycles. The predicted octanol–water partition coefficient (Wildman–Crippen LogP) is 2.59. The smallest absolute Gasteiger partial charge is 0.243 e. The number of hydrogen-bond donors (Lipinski definition) is 1. The van der Waals surface area contributed by atoms with E-state index in [9.17, 15) is 8.42 Å². The fourth-order valence-corrected chi connectivity index (χ4v) is 4.81. The normalized spacial score (nSPS) is 17.6. The van der Waals surface area contributed by atoms with E-state index < -0.39 is 10.0 Å². The van der Waals surface area contributed by atoms with Crippen molar-refractivity contribution in [2.24, 2.45) is 0 Å². The van der Waals surface area contributed by atoms with Gasteiger partial charge in [0.05, 0.1) is 14.9 Å². The zero-order valence-electron chi connectivity index (χ0n) is 14.8. The molecule has 0 bridgehead atoms. The molecule has 10 heteroatoms. The Labute approximate surface area is 169 Å². The second-order valence-corrected chi connectivity index (χ2v) is 9.17. The Hall–Kier alpha value is -1.45. The summed E-state index contributed by atoms with van der Waals surface area (Å²) in [4.78, 5) is 10.5. The van der Waals surface area contributed by atoms with Gasteiger partial charge in [-0.3, -0.25) is 4.90 Å². The van der Waals surface area contributed by atoms with Crippen molar-refractivity contribution in [3.8, 4) is 0 Å². The highest BCUT2D eigenvalue weighted by atomic mass is 35.5. The summed E-state index contributed by atoms with van der Waals surface area (Å²) in [7, 11) is -3.57. The van der Waals surface area contributed by atoms with Crippen LogP contribution < -0.4 is 5.32 Å². The van der Waals surface area contributed by atoms with Crippen molar-refractivity contribution in [1.82, 2.24) is 19.2 Å². The van der Waals surface area contributed by atoms with Crippen molar-refractivity contribution in [1.29, 1.82) is 0 Å². The van der Waals surface area contributed by atoms with Crippen LogP contribution in [0.15, 0.2) is 41.7 Å². The van der Waals surface area contributed by atoms with Gasteiger partial charge < -0.3 is 5.32 Å². The Bertz CT molecular complexity index is 874. The number of nitrogens with one attached hydrogen (secondary N) is 1. The standard InChI is InChI=1S/C17H21Cl2N5O2S/c1-13(22-17-4-5-20-12-21-17)11-23-6-8-24(9-7-23)27(25,26)14-2-3-15(18)16(19)10-14/h2-5,10,12-13H,6-9,11H2,1H3,(H,20,21,22). The van der Waals surface area contributed by atoms with Crippen LogP contribution in [0.4, 0.5) is 5.82 Å². The Morgan fingerprint density at radius 3 is 2.52 bits per heavy atom. The van der Waals surface area contributed by atoms with E-state index in [0.717, 1.165) is 12.4 Å². The van der Waals surface area contributed by atoms with Crippen LogP contribution in [-0.2, 0) is 10.0 Å². The maximum atomic E-state index is 12.8. The lowest BCUT2D eigenvalue weighted by molar-refractivity contribution is 0.184. The summed E-state index contributed by atoms with van der Waals surface area (Å²) in [5, 5.41) is 3.89. The lowest BCUT2D eigenvalue weighted by Crippen LogP contribution is -2.50. The van der Waals surface area contributed by atoms with Crippen LogP contribution in [0.25, 0.3) is 0 Å². The van der Waals surface area contributed by atoms with Gasteiger partial charge in [0.2, 0.25) is 10.0 Å². The third-order valence-electron chi connectivity index (χ3n) is 4.37. The Morgan fingerprint density at radius 1 is 1.15 bits per heavy atom. The number of rotatable bonds is 6. The third-order valence-corrected chi connectivity index (χ3v) is 7.00. The Balaban J connectivity index is 1.55. The molecule has 1 unspecified atom stereocenters. The summed E-state index contributed by atoms with van der Waals surface area (Å²) in [6.45, 7) is 5.06. The third kappa shape index (κ3) is 5.08. The molecular formula is C17H21Cl2N5O2S. The average Bonchev–Trinajstić information content (AvgIpc) is 2.65. The predicted molar refractivity (Wildman–Crippen MR) is 107 cm³/mol. The first-order chi connectivity index (χ1) is 12.9. The Morgan fingerprint density at radius 2 is 1.89 bits per heavy atom. The van der Waals surface area contributed by atoms with Gasteiger partial charge in [-0.1, -0.05) is 23.2 Å². The molecule has 1 fully saturated rings. The summed E-state index contributed by atoms with van der Waals surface area (Å²) in [5.74, 6) is 0.776. The summed E-state index contributed by atoms with van der Waals surface area (Å²) in [6, 6.07) is 6.40. The molecule has 3 rings (SSSR count). The fraction of sp³-hybridized carbons (Fsp3) is 0.412. The number of nitrogens with zero attached hydrogens (tertiary/aromatic N) is 4. The minimum atomic E-state index is -3.57. The summed E-state index contributed by atoms with van der Waals surface area (Å²) >= 11 is 11.8. The lowest BCUT2D eigenvalue weighted by Gasteiger charge is -2.35. The van der Waals surface area contributed by atoms with E-state index in [2.05, 4.69) is 27.1 Å². The van der Waals surface area contributed by atoms with Gasteiger partial charge in [-0.2, -0.15) is 4.31 Å². The van der Waals surface area contributed by atoms with Crippen LogP contribution >= 0.6 is 23.2 Å². The van der Waals surface area contributed by atoms with Gasteiger partial charge in [-0.15, -0.1) is 0 Å². The van der Waals surface area contributed by atoms with E-state index in [1.54, 1.807) is 6.20 Å². The first-order valence-corrected chi connectivity index (χ1v) is 10.8. The molecule has 0 radical (unpaired) electrons. The molecule has 27 heavy (non-hydrogen) atoms. The minimum Gasteiger partial charge on any atom is -0.366 e. The molecule has 0 spiro atoms. The monoisotopic (exact) mass is 429 g/mol. The second-order valence-electron chi connectivity index (χ2n) is 6.42. The van der Waals surface area contributed by atoms with Crippen molar-refractivity contribution in [3.05, 3.63) is 46.8 Å². The van der Waals surface area contributed by atoms with Gasteiger partial charge in [0.25, 0.3) is 0 Å². The molecule has 1 aliphatic rings. The largest absolute Gasteiger partial charge is 0.366 e. The molecule has 7 nitrogen and oxygen atoms in total. The molecular weight excluding hydrogens is 409 g/mol. The van der Waals surface area contributed by atoms with E-state index in [0.29, 0.717) is 31.2 Å². The minimum absolute atomic E-state index is 0.171. The van der Waals surface area contributed by atoms with Crippen molar-refractivity contribution >= 4 is 39.0 Å². The molecule has 1 saturated heterocycles. The lowest BCUT2D eigenvalue weighted by atomic mass is 10.2. The maximum Gasteiger partial charge on any atom is 0.243 e. The van der Waals surface area contributed by atoms with Crippen LogP contribution in [-0.4, -0.2) is 66.4 Å². The molecule has 1 atom stereocenters. The zero-order chi connectivity index (χ0) is 19.4. The molecule has 0 saturated carbocycles. The maximum absolute atomic E-state index is 12.8. The molecule has 2 heterocycles. The molecule has 0 amide bonds. The fourth-order valence-electron chi connectivity index (χ4n) is 3.00. The SMILES string of the molecule is CC(CN1CCN(S(=O)(=O)c2ccc(Cl)c(Cl)c2)CC1)Nc1ccncn1. The summed E-state index contributed by atoms with van der Waals surface area (Å²) < 4.78 is 27.1. The first kappa shape index (κ1) is 20.3. The zero-order valence-corrected chi connectivity index (χ0v) is 17.2. The molecule has 146 valence electrons. The highest BCUT2D eigenvalue weighted by Crippen LogP contribution is 2.27. The molecule has 1 aliphatic heterocycles. The van der Waals surface area contributed by atoms with Gasteiger partial charge in [-0.25, -0.2) is 18.4 Å². The van der Waals surface area contributed by atoms with Crippen molar-refractivity contribution < 1.29 is 8.42 Å². The van der Waals surface area contributed by atoms with E-state index in [-0.39, 0.29) is 16.0 Å². The topological polar surface area (TPSA) is 78.4 Å². The van der Waals surface area contributed by atoms with Gasteiger partial charge in [-0.05, 0) is 31.2 Å². The molecule has 2 aromatic rings. The van der Waals surface area contributed by atoms with Crippen molar-refractivity contribution in [3.63, 3.8) is 0 Å². The van der Waals surface area contributed by atoms with E-state index in [1.807, 2.05) is 6.07 Å². The van der Waals surface area contributed by atoms with Gasteiger partial charge in [0, 0.05) is 45.0 Å². The summed E-state index contributed by atoms with van der Waals surface area (Å²) in [6.07, 6.45) is 3.19. The number of halogens is 2. The van der Waals surface area contributed by atoms with Crippen LogP contribution in [0.5, 0.6) is 0 Å². The molecule has 1 N–H and O–H groups in total. The van der Waals surface area contributed by atoms with E-state index in [1.165, 1.54) is 28.8 Å². The number of sulfonamides is 1. The van der Waals surface area contributed by atoms with Gasteiger partial charge in [0.15, 0.2) is 0 Å². The Kier molecular flexibility index (Phi) is 6.54. The highest BCUT2D eigenvalue weighted by Gasteiger charge is 2.29. The molecule has 1 aromatic carbocycles. The highest BCUT2D eigenvalue weighted by molar-refractivity contribution is 7.89. The van der Waals surface area contributed by atoms with Gasteiger partial charge >= 0.3 is 0 Å². The number of aromatic nitrogens is 2. The average molecular weight is 430 g/mol. The number of anilines is 1. The van der Waals surface area contributed by atoms with Gasteiger partial charge in [0.1, 0.15) is 12.1 Å². The van der Waals surface area contributed by atoms with E-state index in [4.69, 9.17) is 23.2 Å². The van der Waals surface area contributed by atoms with Crippen molar-refractivity contribution in [2.45, 2.75) is 17.9 Å². The van der Waals surface area contributed by atoms with Crippen LogP contribution in [0, 0.1) is 0 Å². The second kappa shape index (κ2) is 8.70. The number of hydrogen-bond acceptors (Lipinski definition) is 6. The number of piperazine rings is 1. The molecule has 1 aromatic heterocycles. The van der Waals surface area contributed by atoms with Crippen LogP contribution in [0.1, 0.15) is 6.92 Å².